The van der Waals surface area contributed by atoms with Gasteiger partial charge in [0.2, 0.25) is 0 Å². The minimum atomic E-state index is 0.695. The van der Waals surface area contributed by atoms with Gasteiger partial charge < -0.3 is 10.5 Å². The fourth-order valence-corrected chi connectivity index (χ4v) is 2.28. The molecule has 0 bridgehead atoms. The van der Waals surface area contributed by atoms with E-state index in [9.17, 15) is 0 Å². The van der Waals surface area contributed by atoms with Crippen LogP contribution in [0, 0.1) is 6.92 Å². The van der Waals surface area contributed by atoms with Gasteiger partial charge in [-0.2, -0.15) is 0 Å². The summed E-state index contributed by atoms with van der Waals surface area (Å²) >= 11 is 0. The Morgan fingerprint density at radius 3 is 2.84 bits per heavy atom. The first kappa shape index (κ1) is 11.6. The number of benzene rings is 1. The minimum Gasteiger partial charge on any atom is -0.496 e. The van der Waals surface area contributed by atoms with E-state index in [1.807, 2.05) is 53.9 Å². The Hall–Kier alpha value is -2.49. The molecule has 0 aliphatic rings. The predicted octanol–water partition coefficient (Wildman–Crippen LogP) is 2.90. The van der Waals surface area contributed by atoms with Crippen LogP contribution in [0.2, 0.25) is 0 Å². The van der Waals surface area contributed by atoms with Crippen molar-refractivity contribution >= 4 is 11.2 Å². The number of anilines is 1. The van der Waals surface area contributed by atoms with Gasteiger partial charge in [0.1, 0.15) is 11.6 Å². The van der Waals surface area contributed by atoms with Crippen molar-refractivity contribution in [3.05, 3.63) is 48.3 Å². The van der Waals surface area contributed by atoms with Crippen LogP contribution in [-0.2, 0) is 0 Å². The number of imidazole rings is 1. The maximum atomic E-state index is 5.88. The van der Waals surface area contributed by atoms with Gasteiger partial charge in [0.25, 0.3) is 0 Å². The van der Waals surface area contributed by atoms with Gasteiger partial charge in [0.05, 0.1) is 23.9 Å². The van der Waals surface area contributed by atoms with Gasteiger partial charge in [-0.3, -0.25) is 4.40 Å². The second-order valence-electron chi connectivity index (χ2n) is 4.44. The summed E-state index contributed by atoms with van der Waals surface area (Å²) in [6.07, 6.45) is 1.99. The molecule has 4 nitrogen and oxygen atoms in total. The molecular formula is C15H15N3O. The molecule has 19 heavy (non-hydrogen) atoms. The van der Waals surface area contributed by atoms with Crippen LogP contribution in [0.4, 0.5) is 5.69 Å². The molecule has 0 amide bonds. The maximum Gasteiger partial charge on any atom is 0.148 e. The summed E-state index contributed by atoms with van der Waals surface area (Å²) in [6.45, 7) is 2.00. The Balaban J connectivity index is 2.33. The Bertz CT molecular complexity index is 746. The van der Waals surface area contributed by atoms with Crippen LogP contribution >= 0.6 is 0 Å². The number of methoxy groups -OCH3 is 1. The lowest BCUT2D eigenvalue weighted by Crippen LogP contribution is -1.95. The van der Waals surface area contributed by atoms with Crippen molar-refractivity contribution in [3.63, 3.8) is 0 Å². The monoisotopic (exact) mass is 253 g/mol. The number of aryl methyl sites for hydroxylation is 1. The van der Waals surface area contributed by atoms with Crippen LogP contribution in [0.1, 0.15) is 5.69 Å². The zero-order chi connectivity index (χ0) is 13.4. The highest BCUT2D eigenvalue weighted by atomic mass is 16.5. The standard InChI is InChI=1S/C15H15N3O/c1-10-13-5-3-4-8-18(13)15(17-10)12-9-11(16)6-7-14(12)19-2/h3-9H,16H2,1-2H3. The molecule has 0 radical (unpaired) electrons. The van der Waals surface area contributed by atoms with Crippen molar-refractivity contribution < 1.29 is 4.74 Å². The Morgan fingerprint density at radius 1 is 1.21 bits per heavy atom. The average molecular weight is 253 g/mol. The molecule has 0 saturated carbocycles. The lowest BCUT2D eigenvalue weighted by Gasteiger charge is -2.08. The van der Waals surface area contributed by atoms with E-state index < -0.39 is 0 Å². The average Bonchev–Trinajstić information content (AvgIpc) is 2.77. The lowest BCUT2D eigenvalue weighted by molar-refractivity contribution is 0.416. The first-order valence-electron chi connectivity index (χ1n) is 6.08. The van der Waals surface area contributed by atoms with E-state index in [-0.39, 0.29) is 0 Å². The number of nitrogens with two attached hydrogens (primary N) is 1. The number of nitrogens with zero attached hydrogens (tertiary/aromatic N) is 2. The van der Waals surface area contributed by atoms with E-state index in [1.54, 1.807) is 7.11 Å². The number of aromatic nitrogens is 2. The second kappa shape index (κ2) is 4.31. The van der Waals surface area contributed by atoms with E-state index in [0.29, 0.717) is 5.69 Å². The Kier molecular flexibility index (Phi) is 2.63. The Labute approximate surface area is 111 Å². The van der Waals surface area contributed by atoms with Crippen LogP contribution in [0.5, 0.6) is 5.75 Å². The predicted molar refractivity (Wildman–Crippen MR) is 76.3 cm³/mol. The van der Waals surface area contributed by atoms with Crippen molar-refractivity contribution in [2.24, 2.45) is 0 Å². The highest BCUT2D eigenvalue weighted by molar-refractivity contribution is 5.73. The molecule has 3 rings (SSSR count). The van der Waals surface area contributed by atoms with Gasteiger partial charge in [-0.1, -0.05) is 6.07 Å². The van der Waals surface area contributed by atoms with Gasteiger partial charge in [-0.25, -0.2) is 4.98 Å². The number of nitrogen functional groups attached to an aromatic ring is 1. The number of pyridine rings is 1. The molecule has 0 fully saturated rings. The first-order valence-corrected chi connectivity index (χ1v) is 6.08. The van der Waals surface area contributed by atoms with Crippen LogP contribution in [0.25, 0.3) is 16.9 Å². The lowest BCUT2D eigenvalue weighted by atomic mass is 10.1. The molecule has 2 aromatic heterocycles. The van der Waals surface area contributed by atoms with Crippen molar-refractivity contribution in [2.45, 2.75) is 6.92 Å². The number of hydrogen-bond donors (Lipinski definition) is 1. The molecule has 4 heteroatoms. The molecule has 2 N–H and O–H groups in total. The van der Waals surface area contributed by atoms with E-state index in [0.717, 1.165) is 28.3 Å². The second-order valence-corrected chi connectivity index (χ2v) is 4.44. The van der Waals surface area contributed by atoms with Crippen molar-refractivity contribution in [2.75, 3.05) is 12.8 Å². The smallest absolute Gasteiger partial charge is 0.148 e. The highest BCUT2D eigenvalue weighted by Crippen LogP contribution is 2.32. The van der Waals surface area contributed by atoms with E-state index >= 15 is 0 Å². The van der Waals surface area contributed by atoms with Gasteiger partial charge in [-0.05, 0) is 37.3 Å². The number of rotatable bonds is 2. The first-order chi connectivity index (χ1) is 9.20. The summed E-state index contributed by atoms with van der Waals surface area (Å²) < 4.78 is 7.45. The molecule has 96 valence electrons. The quantitative estimate of drug-likeness (QED) is 0.714. The number of ether oxygens (including phenoxy) is 1. The van der Waals surface area contributed by atoms with Gasteiger partial charge in [0.15, 0.2) is 0 Å². The summed E-state index contributed by atoms with van der Waals surface area (Å²) in [5.41, 5.74) is 9.54. The molecule has 0 unspecified atom stereocenters. The molecule has 1 aromatic carbocycles. The summed E-state index contributed by atoms with van der Waals surface area (Å²) in [5.74, 6) is 1.61. The van der Waals surface area contributed by atoms with E-state index in [4.69, 9.17) is 10.5 Å². The summed E-state index contributed by atoms with van der Waals surface area (Å²) in [5, 5.41) is 0. The molecule has 0 spiro atoms. The van der Waals surface area contributed by atoms with Crippen molar-refractivity contribution in [1.82, 2.24) is 9.38 Å². The number of fused-ring (bicyclic) bond motifs is 1. The zero-order valence-electron chi connectivity index (χ0n) is 10.9. The largest absolute Gasteiger partial charge is 0.496 e. The van der Waals surface area contributed by atoms with Crippen molar-refractivity contribution in [1.29, 1.82) is 0 Å². The highest BCUT2D eigenvalue weighted by Gasteiger charge is 2.14. The molecular weight excluding hydrogens is 238 g/mol. The topological polar surface area (TPSA) is 52.5 Å². The van der Waals surface area contributed by atoms with E-state index in [1.165, 1.54) is 0 Å². The third kappa shape index (κ3) is 1.81. The molecule has 0 aliphatic carbocycles. The molecule has 2 heterocycles. The zero-order valence-corrected chi connectivity index (χ0v) is 10.9. The number of hydrogen-bond acceptors (Lipinski definition) is 3. The van der Waals surface area contributed by atoms with Gasteiger partial charge in [-0.15, -0.1) is 0 Å². The summed E-state index contributed by atoms with van der Waals surface area (Å²) in [7, 11) is 1.65. The SMILES string of the molecule is COc1ccc(N)cc1-c1nc(C)c2ccccn12. The molecule has 0 aliphatic heterocycles. The molecule has 0 saturated heterocycles. The fraction of sp³-hybridized carbons (Fsp3) is 0.133. The van der Waals surface area contributed by atoms with Crippen LogP contribution in [0.3, 0.4) is 0 Å². The van der Waals surface area contributed by atoms with Gasteiger partial charge >= 0.3 is 0 Å². The molecule has 3 aromatic rings. The minimum absolute atomic E-state index is 0.695. The normalized spacial score (nSPS) is 10.8. The summed E-state index contributed by atoms with van der Waals surface area (Å²) in [4.78, 5) is 4.64. The summed E-state index contributed by atoms with van der Waals surface area (Å²) in [6, 6.07) is 11.6. The van der Waals surface area contributed by atoms with Crippen molar-refractivity contribution in [3.8, 4) is 17.1 Å². The third-order valence-corrected chi connectivity index (χ3v) is 3.20. The molecule has 0 atom stereocenters. The Morgan fingerprint density at radius 2 is 2.05 bits per heavy atom. The van der Waals surface area contributed by atoms with Crippen LogP contribution in [-0.4, -0.2) is 16.5 Å². The van der Waals surface area contributed by atoms with E-state index in [2.05, 4.69) is 4.98 Å². The fourth-order valence-electron chi connectivity index (χ4n) is 2.28. The van der Waals surface area contributed by atoms with Crippen LogP contribution in [0.15, 0.2) is 42.6 Å². The third-order valence-electron chi connectivity index (χ3n) is 3.20. The van der Waals surface area contributed by atoms with Crippen LogP contribution < -0.4 is 10.5 Å². The maximum absolute atomic E-state index is 5.88. The van der Waals surface area contributed by atoms with Gasteiger partial charge in [0, 0.05) is 11.9 Å².